The van der Waals surface area contributed by atoms with E-state index < -0.39 is 6.04 Å². The standard InChI is InChI=1S/C17H21N3O2/c1-17(8-9-17)16(22)20-14(15(21)19-11-5-10-18)12-13-6-3-2-4-7-13/h2-4,6-7,14H,5,8-9,11-12H2,1H3,(H,19,21)(H,20,22). The molecule has 0 aliphatic heterocycles. The Morgan fingerprint density at radius 1 is 1.32 bits per heavy atom. The first-order chi connectivity index (χ1) is 10.5. The topological polar surface area (TPSA) is 82.0 Å². The van der Waals surface area contributed by atoms with Crippen LogP contribution in [0.1, 0.15) is 31.7 Å². The lowest BCUT2D eigenvalue weighted by atomic mass is 10.0. The molecule has 2 N–H and O–H groups in total. The van der Waals surface area contributed by atoms with Crippen molar-refractivity contribution in [2.24, 2.45) is 5.41 Å². The molecule has 1 unspecified atom stereocenters. The molecule has 5 nitrogen and oxygen atoms in total. The minimum absolute atomic E-state index is 0.0659. The summed E-state index contributed by atoms with van der Waals surface area (Å²) in [7, 11) is 0. The molecular formula is C17H21N3O2. The van der Waals surface area contributed by atoms with Crippen molar-refractivity contribution >= 4 is 11.8 Å². The largest absolute Gasteiger partial charge is 0.353 e. The summed E-state index contributed by atoms with van der Waals surface area (Å²) < 4.78 is 0. The Kier molecular flexibility index (Phi) is 5.16. The van der Waals surface area contributed by atoms with Gasteiger partial charge in [0.15, 0.2) is 0 Å². The molecule has 0 aromatic heterocycles. The predicted molar refractivity (Wildman–Crippen MR) is 82.7 cm³/mol. The quantitative estimate of drug-likeness (QED) is 0.749. The van der Waals surface area contributed by atoms with Crippen LogP contribution in [0.15, 0.2) is 30.3 Å². The SMILES string of the molecule is CC1(C(=O)NC(Cc2ccccc2)C(=O)NCCC#N)CC1. The highest BCUT2D eigenvalue weighted by atomic mass is 16.2. The van der Waals surface area contributed by atoms with E-state index in [1.807, 2.05) is 43.3 Å². The maximum atomic E-state index is 12.3. The molecule has 116 valence electrons. The van der Waals surface area contributed by atoms with Gasteiger partial charge in [0.2, 0.25) is 11.8 Å². The molecule has 0 bridgehead atoms. The first-order valence-electron chi connectivity index (χ1n) is 7.55. The second-order valence-electron chi connectivity index (χ2n) is 5.98. The Balaban J connectivity index is 2.01. The number of hydrogen-bond donors (Lipinski definition) is 2. The lowest BCUT2D eigenvalue weighted by Crippen LogP contribution is -2.50. The third kappa shape index (κ3) is 4.32. The van der Waals surface area contributed by atoms with Crippen LogP contribution >= 0.6 is 0 Å². The van der Waals surface area contributed by atoms with Crippen molar-refractivity contribution in [1.29, 1.82) is 5.26 Å². The third-order valence-corrected chi connectivity index (χ3v) is 3.99. The molecule has 1 aromatic carbocycles. The van der Waals surface area contributed by atoms with Gasteiger partial charge in [0.1, 0.15) is 6.04 Å². The van der Waals surface area contributed by atoms with Crippen LogP contribution in [0, 0.1) is 16.7 Å². The van der Waals surface area contributed by atoms with Gasteiger partial charge in [0.25, 0.3) is 0 Å². The van der Waals surface area contributed by atoms with E-state index in [1.165, 1.54) is 0 Å². The number of nitrogens with one attached hydrogen (secondary N) is 2. The molecule has 1 aromatic rings. The summed E-state index contributed by atoms with van der Waals surface area (Å²) in [6.07, 6.45) is 2.44. The molecule has 0 spiro atoms. The maximum Gasteiger partial charge on any atom is 0.242 e. The number of rotatable bonds is 7. The fraction of sp³-hybridized carbons (Fsp3) is 0.471. The van der Waals surface area contributed by atoms with Gasteiger partial charge in [0, 0.05) is 18.4 Å². The van der Waals surface area contributed by atoms with Crippen molar-refractivity contribution in [1.82, 2.24) is 10.6 Å². The average Bonchev–Trinajstić information content (AvgIpc) is 3.27. The molecule has 1 saturated carbocycles. The van der Waals surface area contributed by atoms with E-state index in [0.717, 1.165) is 18.4 Å². The number of carbonyl (C=O) groups excluding carboxylic acids is 2. The molecule has 0 radical (unpaired) electrons. The molecule has 2 rings (SSSR count). The van der Waals surface area contributed by atoms with E-state index in [-0.39, 0.29) is 23.7 Å². The van der Waals surface area contributed by atoms with Gasteiger partial charge in [-0.2, -0.15) is 5.26 Å². The Labute approximate surface area is 130 Å². The number of benzene rings is 1. The molecule has 5 heteroatoms. The first-order valence-corrected chi connectivity index (χ1v) is 7.55. The van der Waals surface area contributed by atoms with Gasteiger partial charge >= 0.3 is 0 Å². The van der Waals surface area contributed by atoms with Gasteiger partial charge in [-0.05, 0) is 18.4 Å². The van der Waals surface area contributed by atoms with Crippen LogP contribution in [0.2, 0.25) is 0 Å². The normalized spacial score (nSPS) is 16.2. The van der Waals surface area contributed by atoms with E-state index in [9.17, 15) is 9.59 Å². The van der Waals surface area contributed by atoms with Crippen molar-refractivity contribution in [3.05, 3.63) is 35.9 Å². The zero-order chi connectivity index (χ0) is 16.0. The molecule has 1 aliphatic rings. The van der Waals surface area contributed by atoms with Gasteiger partial charge in [-0.3, -0.25) is 9.59 Å². The minimum Gasteiger partial charge on any atom is -0.353 e. The van der Waals surface area contributed by atoms with Crippen LogP contribution in [0.4, 0.5) is 0 Å². The summed E-state index contributed by atoms with van der Waals surface area (Å²) in [5.74, 6) is -0.305. The van der Waals surface area contributed by atoms with Crippen LogP contribution < -0.4 is 10.6 Å². The summed E-state index contributed by atoms with van der Waals surface area (Å²) in [6, 6.07) is 11.0. The molecule has 22 heavy (non-hydrogen) atoms. The van der Waals surface area contributed by atoms with Gasteiger partial charge in [0.05, 0.1) is 12.5 Å². The smallest absolute Gasteiger partial charge is 0.242 e. The second kappa shape index (κ2) is 7.08. The zero-order valence-electron chi connectivity index (χ0n) is 12.8. The monoisotopic (exact) mass is 299 g/mol. The summed E-state index contributed by atoms with van der Waals surface area (Å²) in [5.41, 5.74) is 0.672. The Morgan fingerprint density at radius 2 is 2.00 bits per heavy atom. The average molecular weight is 299 g/mol. The molecule has 1 fully saturated rings. The van der Waals surface area contributed by atoms with Crippen LogP contribution in [-0.4, -0.2) is 24.4 Å². The summed E-state index contributed by atoms with van der Waals surface area (Å²) >= 11 is 0. The number of amides is 2. The molecular weight excluding hydrogens is 278 g/mol. The van der Waals surface area contributed by atoms with Gasteiger partial charge in [-0.1, -0.05) is 37.3 Å². The van der Waals surface area contributed by atoms with Crippen molar-refractivity contribution in [2.45, 2.75) is 38.6 Å². The molecule has 2 amide bonds. The molecule has 1 atom stereocenters. The number of hydrogen-bond acceptors (Lipinski definition) is 3. The van der Waals surface area contributed by atoms with E-state index >= 15 is 0 Å². The van der Waals surface area contributed by atoms with E-state index in [1.54, 1.807) is 0 Å². The van der Waals surface area contributed by atoms with Gasteiger partial charge in [-0.15, -0.1) is 0 Å². The summed E-state index contributed by atoms with van der Waals surface area (Å²) in [4.78, 5) is 24.5. The third-order valence-electron chi connectivity index (χ3n) is 3.99. The molecule has 1 aliphatic carbocycles. The lowest BCUT2D eigenvalue weighted by molar-refractivity contribution is -0.131. The fourth-order valence-electron chi connectivity index (χ4n) is 2.17. The summed E-state index contributed by atoms with van der Waals surface area (Å²) in [6.45, 7) is 2.21. The van der Waals surface area contributed by atoms with Gasteiger partial charge in [-0.25, -0.2) is 0 Å². The highest BCUT2D eigenvalue weighted by Gasteiger charge is 2.45. The minimum atomic E-state index is -0.606. The van der Waals surface area contributed by atoms with Crippen molar-refractivity contribution in [3.8, 4) is 6.07 Å². The molecule has 0 heterocycles. The van der Waals surface area contributed by atoms with Crippen LogP contribution in [0.25, 0.3) is 0 Å². The van der Waals surface area contributed by atoms with Crippen molar-refractivity contribution in [2.75, 3.05) is 6.54 Å². The van der Waals surface area contributed by atoms with Crippen LogP contribution in [-0.2, 0) is 16.0 Å². The fourth-order valence-corrected chi connectivity index (χ4v) is 2.17. The lowest BCUT2D eigenvalue weighted by Gasteiger charge is -2.20. The predicted octanol–water partition coefficient (Wildman–Crippen LogP) is 1.54. The van der Waals surface area contributed by atoms with E-state index in [2.05, 4.69) is 10.6 Å². The van der Waals surface area contributed by atoms with Crippen LogP contribution in [0.3, 0.4) is 0 Å². The zero-order valence-corrected chi connectivity index (χ0v) is 12.8. The Morgan fingerprint density at radius 3 is 2.59 bits per heavy atom. The van der Waals surface area contributed by atoms with Crippen molar-refractivity contribution in [3.63, 3.8) is 0 Å². The number of carbonyl (C=O) groups is 2. The van der Waals surface area contributed by atoms with Gasteiger partial charge < -0.3 is 10.6 Å². The second-order valence-corrected chi connectivity index (χ2v) is 5.98. The Hall–Kier alpha value is -2.35. The molecule has 0 saturated heterocycles. The summed E-state index contributed by atoms with van der Waals surface area (Å²) in [5, 5.41) is 14.1. The Bertz CT molecular complexity index is 573. The van der Waals surface area contributed by atoms with E-state index in [4.69, 9.17) is 5.26 Å². The van der Waals surface area contributed by atoms with Crippen LogP contribution in [0.5, 0.6) is 0 Å². The highest BCUT2D eigenvalue weighted by Crippen LogP contribution is 2.45. The maximum absolute atomic E-state index is 12.3. The number of nitriles is 1. The van der Waals surface area contributed by atoms with E-state index in [0.29, 0.717) is 13.0 Å². The highest BCUT2D eigenvalue weighted by molar-refractivity contribution is 5.91. The number of nitrogens with zero attached hydrogens (tertiary/aromatic N) is 1. The first kappa shape index (κ1) is 16.0. The van der Waals surface area contributed by atoms with Crippen molar-refractivity contribution < 1.29 is 9.59 Å².